The number of ether oxygens (including phenoxy) is 3. The first-order chi connectivity index (χ1) is 13.0. The molecule has 1 aromatic rings. The highest BCUT2D eigenvalue weighted by Gasteiger charge is 2.51. The number of hydrogen-bond donors (Lipinski definition) is 0. The summed E-state index contributed by atoms with van der Waals surface area (Å²) >= 11 is 6.45. The van der Waals surface area contributed by atoms with Crippen molar-refractivity contribution >= 4 is 29.3 Å². The van der Waals surface area contributed by atoms with Gasteiger partial charge < -0.3 is 14.2 Å². The molecule has 144 valence electrons. The predicted molar refractivity (Wildman–Crippen MR) is 101 cm³/mol. The fraction of sp³-hybridized carbons (Fsp3) is 0.450. The zero-order valence-electron chi connectivity index (χ0n) is 15.5. The van der Waals surface area contributed by atoms with Crippen LogP contribution in [-0.4, -0.2) is 44.5 Å². The van der Waals surface area contributed by atoms with Gasteiger partial charge in [0.25, 0.3) is 0 Å². The number of carbonyl (C=O) groups is 2. The number of carbonyl (C=O) groups excluding carboxylic acids is 2. The van der Waals surface area contributed by atoms with E-state index in [1.165, 1.54) is 7.11 Å². The molecule has 0 fully saturated rings. The molecule has 27 heavy (non-hydrogen) atoms. The summed E-state index contributed by atoms with van der Waals surface area (Å²) in [5, 5.41) is 0.472. The Balaban J connectivity index is 2.25. The number of fused-ring (bicyclic) bond motifs is 1. The number of benzene rings is 1. The van der Waals surface area contributed by atoms with Crippen LogP contribution in [-0.2, 0) is 23.8 Å². The van der Waals surface area contributed by atoms with E-state index in [4.69, 9.17) is 25.8 Å². The van der Waals surface area contributed by atoms with Gasteiger partial charge in [0.1, 0.15) is 18.3 Å². The van der Waals surface area contributed by atoms with Gasteiger partial charge in [-0.1, -0.05) is 29.8 Å². The summed E-state index contributed by atoms with van der Waals surface area (Å²) < 4.78 is 16.2. The highest BCUT2D eigenvalue weighted by molar-refractivity contribution is 6.31. The van der Waals surface area contributed by atoms with Crippen molar-refractivity contribution < 1.29 is 23.8 Å². The third kappa shape index (κ3) is 3.46. The Labute approximate surface area is 163 Å². The molecular formula is C20H22ClNO5. The Morgan fingerprint density at radius 3 is 2.67 bits per heavy atom. The quantitative estimate of drug-likeness (QED) is 0.737. The molecule has 0 bridgehead atoms. The number of nitrogens with zero attached hydrogens (tertiary/aromatic N) is 1. The predicted octanol–water partition coefficient (Wildman–Crippen LogP) is 3.15. The summed E-state index contributed by atoms with van der Waals surface area (Å²) in [6, 6.07) is 7.18. The van der Waals surface area contributed by atoms with Gasteiger partial charge in [-0.3, -0.25) is 14.6 Å². The molecule has 1 heterocycles. The minimum atomic E-state index is -0.798. The molecule has 3 rings (SSSR count). The van der Waals surface area contributed by atoms with Crippen LogP contribution in [0.3, 0.4) is 0 Å². The van der Waals surface area contributed by atoms with E-state index in [1.807, 2.05) is 19.1 Å². The highest BCUT2D eigenvalue weighted by atomic mass is 35.5. The maximum atomic E-state index is 12.9. The lowest BCUT2D eigenvalue weighted by Crippen LogP contribution is -2.45. The monoisotopic (exact) mass is 391 g/mol. The number of halogens is 1. The van der Waals surface area contributed by atoms with Crippen LogP contribution in [0, 0.1) is 11.8 Å². The van der Waals surface area contributed by atoms with Crippen molar-refractivity contribution in [2.75, 3.05) is 26.9 Å². The number of methoxy groups -OCH3 is 1. The number of aliphatic imine (C=N–C) groups is 1. The maximum absolute atomic E-state index is 12.9. The van der Waals surface area contributed by atoms with Gasteiger partial charge in [0.05, 0.1) is 31.9 Å². The van der Waals surface area contributed by atoms with Gasteiger partial charge in [-0.25, -0.2) is 0 Å². The van der Waals surface area contributed by atoms with Crippen LogP contribution in [0.2, 0.25) is 5.02 Å². The SMILES string of the molecule is CCOC(=O)C1C2=NCCOC2=C(C)C(C(=O)OC)C1c1ccccc1Cl. The van der Waals surface area contributed by atoms with E-state index >= 15 is 0 Å². The zero-order valence-corrected chi connectivity index (χ0v) is 16.3. The Kier molecular flexibility index (Phi) is 5.85. The molecule has 1 aromatic carbocycles. The Morgan fingerprint density at radius 1 is 1.26 bits per heavy atom. The summed E-state index contributed by atoms with van der Waals surface area (Å²) in [6.07, 6.45) is 0. The Hall–Kier alpha value is -2.34. The van der Waals surface area contributed by atoms with Gasteiger partial charge in [-0.15, -0.1) is 0 Å². The largest absolute Gasteiger partial charge is 0.490 e. The minimum Gasteiger partial charge on any atom is -0.490 e. The van der Waals surface area contributed by atoms with Crippen molar-refractivity contribution in [1.82, 2.24) is 0 Å². The number of allylic oxidation sites excluding steroid dienone is 1. The minimum absolute atomic E-state index is 0.222. The van der Waals surface area contributed by atoms with Crippen LogP contribution >= 0.6 is 11.6 Å². The molecule has 1 aliphatic heterocycles. The average Bonchev–Trinajstić information content (AvgIpc) is 2.68. The molecule has 0 radical (unpaired) electrons. The molecule has 0 N–H and O–H groups in total. The Morgan fingerprint density at radius 2 is 2.00 bits per heavy atom. The van der Waals surface area contributed by atoms with Gasteiger partial charge in [0.2, 0.25) is 0 Å². The topological polar surface area (TPSA) is 74.2 Å². The number of hydrogen-bond acceptors (Lipinski definition) is 6. The second kappa shape index (κ2) is 8.13. The van der Waals surface area contributed by atoms with Crippen molar-refractivity contribution in [2.45, 2.75) is 19.8 Å². The molecular weight excluding hydrogens is 370 g/mol. The third-order valence-corrected chi connectivity index (χ3v) is 5.29. The number of esters is 2. The van der Waals surface area contributed by atoms with Gasteiger partial charge in [-0.05, 0) is 31.1 Å². The summed E-state index contributed by atoms with van der Waals surface area (Å²) in [5.74, 6) is -2.53. The van der Waals surface area contributed by atoms with E-state index in [-0.39, 0.29) is 6.61 Å². The first-order valence-corrected chi connectivity index (χ1v) is 9.26. The lowest BCUT2D eigenvalue weighted by Gasteiger charge is -2.39. The van der Waals surface area contributed by atoms with Gasteiger partial charge in [0, 0.05) is 10.9 Å². The molecule has 6 nitrogen and oxygen atoms in total. The van der Waals surface area contributed by atoms with Crippen molar-refractivity contribution in [3.63, 3.8) is 0 Å². The number of rotatable bonds is 4. The van der Waals surface area contributed by atoms with Crippen LogP contribution in [0.25, 0.3) is 0 Å². The standard InChI is InChI=1S/C20H22ClNO5/c1-4-26-20(24)16-15(12-7-5-6-8-13(12)21)14(19(23)25-3)11(2)18-17(16)22-9-10-27-18/h5-8,14-16H,4,9-10H2,1-3H3. The third-order valence-electron chi connectivity index (χ3n) is 4.95. The van der Waals surface area contributed by atoms with E-state index in [0.29, 0.717) is 40.8 Å². The van der Waals surface area contributed by atoms with Crippen molar-refractivity contribution in [3.05, 3.63) is 46.2 Å². The van der Waals surface area contributed by atoms with Gasteiger partial charge >= 0.3 is 11.9 Å². The van der Waals surface area contributed by atoms with Crippen LogP contribution in [0.15, 0.2) is 40.6 Å². The maximum Gasteiger partial charge on any atom is 0.315 e. The first-order valence-electron chi connectivity index (χ1n) is 8.88. The van der Waals surface area contributed by atoms with Crippen LogP contribution in [0.5, 0.6) is 0 Å². The molecule has 7 heteroatoms. The normalized spacial score (nSPS) is 24.4. The lowest BCUT2D eigenvalue weighted by atomic mass is 9.67. The zero-order chi connectivity index (χ0) is 19.6. The fourth-order valence-corrected chi connectivity index (χ4v) is 4.09. The summed E-state index contributed by atoms with van der Waals surface area (Å²) in [6.45, 7) is 4.61. The van der Waals surface area contributed by atoms with Crippen LogP contribution in [0.4, 0.5) is 0 Å². The van der Waals surface area contributed by atoms with E-state index < -0.39 is 29.7 Å². The molecule has 1 aliphatic carbocycles. The summed E-state index contributed by atoms with van der Waals surface area (Å²) in [7, 11) is 1.33. The van der Waals surface area contributed by atoms with E-state index in [9.17, 15) is 9.59 Å². The van der Waals surface area contributed by atoms with Crippen LogP contribution < -0.4 is 0 Å². The van der Waals surface area contributed by atoms with Gasteiger partial charge in [0.15, 0.2) is 0 Å². The second-order valence-electron chi connectivity index (χ2n) is 6.41. The van der Waals surface area contributed by atoms with Crippen molar-refractivity contribution in [3.8, 4) is 0 Å². The molecule has 0 aromatic heterocycles. The van der Waals surface area contributed by atoms with Crippen molar-refractivity contribution in [2.24, 2.45) is 16.8 Å². The van der Waals surface area contributed by atoms with Crippen molar-refractivity contribution in [1.29, 1.82) is 0 Å². The smallest absolute Gasteiger partial charge is 0.315 e. The van der Waals surface area contributed by atoms with E-state index in [0.717, 1.165) is 0 Å². The van der Waals surface area contributed by atoms with Crippen LogP contribution in [0.1, 0.15) is 25.3 Å². The molecule has 0 amide bonds. The first kappa shape index (κ1) is 19.4. The van der Waals surface area contributed by atoms with E-state index in [2.05, 4.69) is 4.99 Å². The van der Waals surface area contributed by atoms with E-state index in [1.54, 1.807) is 19.1 Å². The summed E-state index contributed by atoms with van der Waals surface area (Å²) in [4.78, 5) is 30.2. The molecule has 0 saturated heterocycles. The van der Waals surface area contributed by atoms with Gasteiger partial charge in [-0.2, -0.15) is 0 Å². The highest BCUT2D eigenvalue weighted by Crippen LogP contribution is 2.47. The molecule has 3 atom stereocenters. The molecule has 0 saturated carbocycles. The average molecular weight is 392 g/mol. The molecule has 3 unspecified atom stereocenters. The Bertz CT molecular complexity index is 816. The molecule has 2 aliphatic rings. The lowest BCUT2D eigenvalue weighted by molar-refractivity contribution is -0.149. The second-order valence-corrected chi connectivity index (χ2v) is 6.81. The molecule has 0 spiro atoms. The summed E-state index contributed by atoms with van der Waals surface area (Å²) in [5.41, 5.74) is 1.88. The fourth-order valence-electron chi connectivity index (χ4n) is 3.83.